The molecule has 3 nitrogen and oxygen atoms in total. The van der Waals surface area contributed by atoms with Crippen LogP contribution in [0.3, 0.4) is 0 Å². The van der Waals surface area contributed by atoms with Crippen LogP contribution in [0.4, 0.5) is 0 Å². The fourth-order valence-corrected chi connectivity index (χ4v) is 3.48. The van der Waals surface area contributed by atoms with Crippen molar-refractivity contribution < 1.29 is 9.53 Å². The van der Waals surface area contributed by atoms with Crippen LogP contribution >= 0.6 is 23.1 Å². The number of rotatable bonds is 4. The van der Waals surface area contributed by atoms with Gasteiger partial charge in [0.2, 0.25) is 0 Å². The minimum Gasteiger partial charge on any atom is -0.469 e. The first-order valence-electron chi connectivity index (χ1n) is 4.70. The smallest absolute Gasteiger partial charge is 0.306 e. The molecule has 1 unspecified atom stereocenters. The molecule has 1 heterocycles. The standard InChI is InChI=1S/C10H15NO2S2/c1-6(5-9(12)13-4)14-10-11-7(2)8(3)15-10/h6H,5H2,1-4H3. The Bertz CT molecular complexity index is 330. The van der Waals surface area contributed by atoms with Gasteiger partial charge in [-0.2, -0.15) is 0 Å². The quantitative estimate of drug-likeness (QED) is 0.604. The second kappa shape index (κ2) is 5.51. The summed E-state index contributed by atoms with van der Waals surface area (Å²) in [5.41, 5.74) is 1.08. The van der Waals surface area contributed by atoms with Crippen LogP contribution in [0.15, 0.2) is 4.34 Å². The van der Waals surface area contributed by atoms with Gasteiger partial charge in [0, 0.05) is 10.1 Å². The number of methoxy groups -OCH3 is 1. The van der Waals surface area contributed by atoms with Gasteiger partial charge < -0.3 is 4.74 Å². The molecule has 0 fully saturated rings. The third-order valence-corrected chi connectivity index (χ3v) is 4.26. The molecule has 1 rings (SSSR count). The SMILES string of the molecule is COC(=O)CC(C)Sc1nc(C)c(C)s1. The molecule has 15 heavy (non-hydrogen) atoms. The summed E-state index contributed by atoms with van der Waals surface area (Å²) in [6.45, 7) is 6.07. The van der Waals surface area contributed by atoms with Crippen LogP contribution in [0.2, 0.25) is 0 Å². The molecule has 0 aliphatic carbocycles. The molecule has 0 radical (unpaired) electrons. The highest BCUT2D eigenvalue weighted by molar-refractivity contribution is 8.01. The molecule has 0 bridgehead atoms. The lowest BCUT2D eigenvalue weighted by Crippen LogP contribution is -2.08. The lowest BCUT2D eigenvalue weighted by Gasteiger charge is -2.06. The second-order valence-corrected chi connectivity index (χ2v) is 6.22. The van der Waals surface area contributed by atoms with E-state index in [0.29, 0.717) is 6.42 Å². The van der Waals surface area contributed by atoms with Crippen molar-refractivity contribution >= 4 is 29.1 Å². The number of thiazole rings is 1. The number of hydrogen-bond acceptors (Lipinski definition) is 5. The van der Waals surface area contributed by atoms with Gasteiger partial charge in [-0.05, 0) is 13.8 Å². The van der Waals surface area contributed by atoms with Gasteiger partial charge in [0.15, 0.2) is 4.34 Å². The van der Waals surface area contributed by atoms with Crippen LogP contribution in [-0.2, 0) is 9.53 Å². The van der Waals surface area contributed by atoms with E-state index in [4.69, 9.17) is 0 Å². The molecule has 0 amide bonds. The molecule has 1 aromatic rings. The molecule has 0 saturated carbocycles. The minimum atomic E-state index is -0.167. The molecule has 5 heteroatoms. The number of aryl methyl sites for hydroxylation is 2. The number of hydrogen-bond donors (Lipinski definition) is 0. The zero-order chi connectivity index (χ0) is 11.4. The lowest BCUT2D eigenvalue weighted by atomic mass is 10.3. The fourth-order valence-electron chi connectivity index (χ4n) is 1.03. The van der Waals surface area contributed by atoms with Gasteiger partial charge in [-0.15, -0.1) is 11.3 Å². The maximum atomic E-state index is 11.0. The van der Waals surface area contributed by atoms with Crippen molar-refractivity contribution in [1.29, 1.82) is 0 Å². The van der Waals surface area contributed by atoms with Crippen LogP contribution in [-0.4, -0.2) is 23.3 Å². The minimum absolute atomic E-state index is 0.167. The summed E-state index contributed by atoms with van der Waals surface area (Å²) in [6.07, 6.45) is 0.429. The number of thioether (sulfide) groups is 1. The van der Waals surface area contributed by atoms with Crippen molar-refractivity contribution in [2.45, 2.75) is 36.8 Å². The number of carbonyl (C=O) groups excluding carboxylic acids is 1. The van der Waals surface area contributed by atoms with Crippen LogP contribution < -0.4 is 0 Å². The van der Waals surface area contributed by atoms with Crippen LogP contribution in [0.5, 0.6) is 0 Å². The highest BCUT2D eigenvalue weighted by Crippen LogP contribution is 2.30. The van der Waals surface area contributed by atoms with E-state index in [0.717, 1.165) is 10.0 Å². The highest BCUT2D eigenvalue weighted by Gasteiger charge is 2.13. The third-order valence-electron chi connectivity index (χ3n) is 1.99. The van der Waals surface area contributed by atoms with Gasteiger partial charge in [-0.25, -0.2) is 4.98 Å². The summed E-state index contributed by atoms with van der Waals surface area (Å²) >= 11 is 3.31. The summed E-state index contributed by atoms with van der Waals surface area (Å²) in [6, 6.07) is 0. The molecule has 1 aromatic heterocycles. The zero-order valence-corrected chi connectivity index (χ0v) is 11.0. The predicted octanol–water partition coefficient (Wildman–Crippen LogP) is 2.80. The molecule has 0 aromatic carbocycles. The lowest BCUT2D eigenvalue weighted by molar-refractivity contribution is -0.140. The summed E-state index contributed by atoms with van der Waals surface area (Å²) in [7, 11) is 1.41. The Morgan fingerprint density at radius 3 is 2.73 bits per heavy atom. The van der Waals surface area contributed by atoms with E-state index in [1.165, 1.54) is 12.0 Å². The van der Waals surface area contributed by atoms with E-state index in [1.807, 2.05) is 13.8 Å². The normalized spacial score (nSPS) is 12.5. The summed E-state index contributed by atoms with van der Waals surface area (Å²) in [4.78, 5) is 16.7. The van der Waals surface area contributed by atoms with E-state index < -0.39 is 0 Å². The van der Waals surface area contributed by atoms with Gasteiger partial charge in [0.1, 0.15) is 0 Å². The maximum absolute atomic E-state index is 11.0. The van der Waals surface area contributed by atoms with Crippen LogP contribution in [0, 0.1) is 13.8 Å². The first-order chi connectivity index (χ1) is 7.02. The van der Waals surface area contributed by atoms with Gasteiger partial charge in [-0.3, -0.25) is 4.79 Å². The number of ether oxygens (including phenoxy) is 1. The highest BCUT2D eigenvalue weighted by atomic mass is 32.2. The molecule has 0 N–H and O–H groups in total. The maximum Gasteiger partial charge on any atom is 0.306 e. The Kier molecular flexibility index (Phi) is 4.60. The molecular weight excluding hydrogens is 230 g/mol. The van der Waals surface area contributed by atoms with Gasteiger partial charge >= 0.3 is 5.97 Å². The molecule has 1 atom stereocenters. The van der Waals surface area contributed by atoms with E-state index >= 15 is 0 Å². The largest absolute Gasteiger partial charge is 0.469 e. The molecular formula is C10H15NO2S2. The Morgan fingerprint density at radius 2 is 2.27 bits per heavy atom. The van der Waals surface area contributed by atoms with Gasteiger partial charge in [-0.1, -0.05) is 18.7 Å². The van der Waals surface area contributed by atoms with Gasteiger partial charge in [0.25, 0.3) is 0 Å². The van der Waals surface area contributed by atoms with Crippen molar-refractivity contribution in [3.05, 3.63) is 10.6 Å². The predicted molar refractivity (Wildman–Crippen MR) is 63.5 cm³/mol. The summed E-state index contributed by atoms with van der Waals surface area (Å²) < 4.78 is 5.65. The number of nitrogens with zero attached hydrogens (tertiary/aromatic N) is 1. The Balaban J connectivity index is 2.51. The van der Waals surface area contributed by atoms with Crippen LogP contribution in [0.25, 0.3) is 0 Å². The topological polar surface area (TPSA) is 39.2 Å². The summed E-state index contributed by atoms with van der Waals surface area (Å²) in [5, 5.41) is 0.211. The molecule has 84 valence electrons. The van der Waals surface area contributed by atoms with Crippen molar-refractivity contribution in [2.75, 3.05) is 7.11 Å². The molecule has 0 aliphatic rings. The van der Waals surface area contributed by atoms with E-state index in [9.17, 15) is 4.79 Å². The van der Waals surface area contributed by atoms with E-state index in [2.05, 4.69) is 16.6 Å². The van der Waals surface area contributed by atoms with Crippen molar-refractivity contribution in [2.24, 2.45) is 0 Å². The zero-order valence-electron chi connectivity index (χ0n) is 9.36. The second-order valence-electron chi connectivity index (χ2n) is 3.33. The molecule has 0 spiro atoms. The number of aromatic nitrogens is 1. The van der Waals surface area contributed by atoms with E-state index in [-0.39, 0.29) is 11.2 Å². The number of carbonyl (C=O) groups is 1. The van der Waals surface area contributed by atoms with E-state index in [1.54, 1.807) is 23.1 Å². The first-order valence-corrected chi connectivity index (χ1v) is 6.40. The average Bonchev–Trinajstić information content (AvgIpc) is 2.45. The Labute approximate surface area is 98.2 Å². The average molecular weight is 245 g/mol. The van der Waals surface area contributed by atoms with Crippen molar-refractivity contribution in [3.8, 4) is 0 Å². The van der Waals surface area contributed by atoms with Crippen LogP contribution in [0.1, 0.15) is 23.9 Å². The first kappa shape index (κ1) is 12.5. The van der Waals surface area contributed by atoms with Crippen molar-refractivity contribution in [3.63, 3.8) is 0 Å². The Hall–Kier alpha value is -0.550. The summed E-state index contributed by atoms with van der Waals surface area (Å²) in [5.74, 6) is -0.167. The van der Waals surface area contributed by atoms with Gasteiger partial charge in [0.05, 0.1) is 19.2 Å². The molecule has 0 aliphatic heterocycles. The third kappa shape index (κ3) is 3.83. The monoisotopic (exact) mass is 245 g/mol. The van der Waals surface area contributed by atoms with Crippen molar-refractivity contribution in [1.82, 2.24) is 4.98 Å². The number of esters is 1. The molecule has 0 saturated heterocycles. The fraction of sp³-hybridized carbons (Fsp3) is 0.600. The Morgan fingerprint density at radius 1 is 1.60 bits per heavy atom.